The van der Waals surface area contributed by atoms with Crippen molar-refractivity contribution in [2.75, 3.05) is 16.1 Å². The molecule has 0 spiro atoms. The number of nitrogens with two attached hydrogens (primary N) is 1. The quantitative estimate of drug-likeness (QED) is 0.0985. The van der Waals surface area contributed by atoms with Gasteiger partial charge in [-0.25, -0.2) is 0 Å². The molecule has 4 rings (SSSR count). The first-order valence-electron chi connectivity index (χ1n) is 15.5. The van der Waals surface area contributed by atoms with Gasteiger partial charge in [-0.3, -0.25) is 35.3 Å². The number of carboxylic acids is 1. The Hall–Kier alpha value is -5.23. The van der Waals surface area contributed by atoms with Crippen LogP contribution in [-0.2, 0) is 32.0 Å². The van der Waals surface area contributed by atoms with Crippen LogP contribution >= 0.6 is 0 Å². The van der Waals surface area contributed by atoms with Crippen LogP contribution in [0, 0.1) is 11.3 Å². The zero-order valence-electron chi connectivity index (χ0n) is 26.9. The van der Waals surface area contributed by atoms with Crippen molar-refractivity contribution in [1.29, 1.82) is 5.41 Å². The summed E-state index contributed by atoms with van der Waals surface area (Å²) in [6, 6.07) is 19.4. The number of nitrogens with one attached hydrogen (secondary N) is 5. The molecule has 0 fully saturated rings. The minimum Gasteiger partial charge on any atom is -0.481 e. The zero-order chi connectivity index (χ0) is 34.5. The predicted octanol–water partition coefficient (Wildman–Crippen LogP) is 5.02. The molecule has 0 saturated carbocycles. The van der Waals surface area contributed by atoms with Crippen molar-refractivity contribution in [3.63, 3.8) is 0 Å². The van der Waals surface area contributed by atoms with Gasteiger partial charge in [0.15, 0.2) is 5.96 Å². The fourth-order valence-corrected chi connectivity index (χ4v) is 5.61. The lowest BCUT2D eigenvalue weighted by molar-refractivity contribution is -0.134. The first kappa shape index (κ1) is 36.2. The van der Waals surface area contributed by atoms with E-state index in [1.165, 1.54) is 0 Å². The second kappa shape index (κ2) is 17.5. The molecule has 2 bridgehead atoms. The monoisotopic (exact) mass is 644 g/mol. The highest BCUT2D eigenvalue weighted by atomic mass is 16.5. The lowest BCUT2D eigenvalue weighted by Gasteiger charge is -2.28. The number of rotatable bonds is 7. The Morgan fingerprint density at radius 3 is 2.15 bits per heavy atom. The van der Waals surface area contributed by atoms with Crippen molar-refractivity contribution < 1.29 is 29.5 Å². The van der Waals surface area contributed by atoms with Crippen molar-refractivity contribution >= 4 is 46.6 Å². The number of guanidine groups is 1. The van der Waals surface area contributed by atoms with Gasteiger partial charge in [0.25, 0.3) is 5.97 Å². The average Bonchev–Trinajstić information content (AvgIpc) is 3.01. The first-order valence-corrected chi connectivity index (χ1v) is 15.5. The molecule has 12 nitrogen and oxygen atoms in total. The van der Waals surface area contributed by atoms with Gasteiger partial charge >= 0.3 is 0 Å². The summed E-state index contributed by atoms with van der Waals surface area (Å²) in [6.07, 6.45) is 1.76. The van der Waals surface area contributed by atoms with Crippen LogP contribution in [0.1, 0.15) is 74.6 Å². The number of hydrogen-bond acceptors (Lipinski definition) is 7. The number of carbonyl (C=O) groups excluding carboxylic acids is 3. The molecular formula is C35H44N6O6. The molecule has 0 radical (unpaired) electrons. The Kier molecular flexibility index (Phi) is 13.5. The van der Waals surface area contributed by atoms with Gasteiger partial charge in [-0.05, 0) is 71.3 Å². The summed E-state index contributed by atoms with van der Waals surface area (Å²) in [5, 5.41) is 33.5. The number of benzene rings is 3. The summed E-state index contributed by atoms with van der Waals surface area (Å²) in [6.45, 7) is 5.30. The molecule has 2 amide bonds. The lowest BCUT2D eigenvalue weighted by Crippen LogP contribution is -2.45. The van der Waals surface area contributed by atoms with Gasteiger partial charge in [-0.15, -0.1) is 0 Å². The second-order valence-corrected chi connectivity index (χ2v) is 11.9. The minimum absolute atomic E-state index is 0.0100. The van der Waals surface area contributed by atoms with E-state index in [4.69, 9.17) is 21.0 Å². The molecule has 2 unspecified atom stereocenters. The van der Waals surface area contributed by atoms with E-state index in [0.29, 0.717) is 29.9 Å². The molecular weight excluding hydrogens is 600 g/mol. The maximum Gasteiger partial charge on any atom is 0.300 e. The Bertz CT molecular complexity index is 1550. The van der Waals surface area contributed by atoms with E-state index in [1.807, 2.05) is 36.4 Å². The van der Waals surface area contributed by atoms with Gasteiger partial charge in [0.1, 0.15) is 11.8 Å². The lowest BCUT2D eigenvalue weighted by atomic mass is 9.79. The molecule has 250 valence electrons. The summed E-state index contributed by atoms with van der Waals surface area (Å²) in [5.41, 5.74) is 13.2. The van der Waals surface area contributed by atoms with Gasteiger partial charge in [0, 0.05) is 49.9 Å². The van der Waals surface area contributed by atoms with Gasteiger partial charge in [0.2, 0.25) is 11.8 Å². The Balaban J connectivity index is 0.00000142. The third-order valence-corrected chi connectivity index (χ3v) is 7.59. The van der Waals surface area contributed by atoms with Crippen molar-refractivity contribution in [3.8, 4) is 0 Å². The van der Waals surface area contributed by atoms with E-state index >= 15 is 0 Å². The van der Waals surface area contributed by atoms with Crippen LogP contribution in [0.25, 0.3) is 0 Å². The molecule has 9 N–H and O–H groups in total. The van der Waals surface area contributed by atoms with Crippen LogP contribution in [-0.4, -0.2) is 45.9 Å². The topological polar surface area (TPSA) is 207 Å². The molecule has 0 aliphatic carbocycles. The van der Waals surface area contributed by atoms with Crippen LogP contribution in [0.4, 0.5) is 17.1 Å². The number of carboxylic acid groups (broad SMARTS) is 1. The number of hydrogen-bond donors (Lipinski definition) is 8. The number of aliphatic carboxylic acids is 1. The minimum atomic E-state index is -0.916. The number of fused-ring (bicyclic) bond motifs is 2. The molecule has 1 aliphatic rings. The Labute approximate surface area is 274 Å². The molecule has 3 aromatic rings. The third-order valence-electron chi connectivity index (χ3n) is 7.59. The Morgan fingerprint density at radius 1 is 0.957 bits per heavy atom. The van der Waals surface area contributed by atoms with Crippen molar-refractivity contribution in [3.05, 3.63) is 89.0 Å². The van der Waals surface area contributed by atoms with Crippen LogP contribution in [0.2, 0.25) is 0 Å². The van der Waals surface area contributed by atoms with Crippen molar-refractivity contribution in [1.82, 2.24) is 5.32 Å². The highest BCUT2D eigenvalue weighted by Crippen LogP contribution is 2.39. The maximum atomic E-state index is 13.6. The largest absolute Gasteiger partial charge is 0.481 e. The summed E-state index contributed by atoms with van der Waals surface area (Å²) in [5.74, 6) is -1.77. The molecule has 3 aromatic carbocycles. The first-order chi connectivity index (χ1) is 22.4. The van der Waals surface area contributed by atoms with E-state index in [-0.39, 0.29) is 55.2 Å². The highest BCUT2D eigenvalue weighted by molar-refractivity contribution is 5.98. The third kappa shape index (κ3) is 11.3. The van der Waals surface area contributed by atoms with E-state index in [2.05, 4.69) is 35.3 Å². The molecule has 12 heteroatoms. The summed E-state index contributed by atoms with van der Waals surface area (Å²) in [4.78, 5) is 48.6. The molecule has 1 aliphatic heterocycles. The number of ketones is 1. The molecule has 2 atom stereocenters. The number of amides is 2. The van der Waals surface area contributed by atoms with E-state index < -0.39 is 17.9 Å². The molecule has 0 aromatic heterocycles. The standard InChI is InChI=1S/C33H40N6O4.C2H4O2/c1-20(2)18-27-22-8-16-28(39-43)31(27)26(21-6-4-3-5-7-21)15-13-25(40)14-17-30(41)38-29(19-22)32(42)36-23-9-11-24(12-10-23)37-33(34)35;1-2(3)4/h3-12,16,20,26,29,39,43H,13-15,17-19H2,1-2H3,(H,36,42)(H,38,41)(H4,34,35,37);1H3,(H,3,4). The van der Waals surface area contributed by atoms with Crippen LogP contribution in [0.5, 0.6) is 0 Å². The second-order valence-electron chi connectivity index (χ2n) is 11.9. The SMILES string of the molecule is CC(=O)O.CC(C)Cc1c2ccc(NO)c1C(c1ccccc1)CCC(=O)CCC(=O)NC(C(=O)Nc1ccc(NC(=N)N)cc1)C2. The fourth-order valence-electron chi connectivity index (χ4n) is 5.61. The van der Waals surface area contributed by atoms with Crippen LogP contribution < -0.4 is 27.2 Å². The smallest absolute Gasteiger partial charge is 0.300 e. The van der Waals surface area contributed by atoms with E-state index in [0.717, 1.165) is 29.2 Å². The maximum absolute atomic E-state index is 13.6. The van der Waals surface area contributed by atoms with Gasteiger partial charge < -0.3 is 26.8 Å². The Morgan fingerprint density at radius 2 is 1.57 bits per heavy atom. The number of carbonyl (C=O) groups is 4. The summed E-state index contributed by atoms with van der Waals surface area (Å²) < 4.78 is 0. The fraction of sp³-hybridized carbons (Fsp3) is 0.343. The molecule has 0 saturated heterocycles. The van der Waals surface area contributed by atoms with Crippen molar-refractivity contribution in [2.24, 2.45) is 11.7 Å². The zero-order valence-corrected chi connectivity index (χ0v) is 26.9. The summed E-state index contributed by atoms with van der Waals surface area (Å²) in [7, 11) is 0. The normalized spacial score (nSPS) is 16.6. The van der Waals surface area contributed by atoms with Crippen LogP contribution in [0.3, 0.4) is 0 Å². The van der Waals surface area contributed by atoms with Gasteiger partial charge in [0.05, 0.1) is 5.69 Å². The van der Waals surface area contributed by atoms with E-state index in [1.54, 1.807) is 30.3 Å². The molecule has 1 heterocycles. The predicted molar refractivity (Wildman–Crippen MR) is 182 cm³/mol. The van der Waals surface area contributed by atoms with E-state index in [9.17, 15) is 19.6 Å². The van der Waals surface area contributed by atoms with Crippen LogP contribution in [0.15, 0.2) is 66.7 Å². The highest BCUT2D eigenvalue weighted by Gasteiger charge is 2.29. The van der Waals surface area contributed by atoms with Gasteiger partial charge in [-0.1, -0.05) is 50.2 Å². The summed E-state index contributed by atoms with van der Waals surface area (Å²) >= 11 is 0. The average molecular weight is 645 g/mol. The van der Waals surface area contributed by atoms with Gasteiger partial charge in [-0.2, -0.15) is 0 Å². The number of Topliss-reactive ketones (excluding diaryl/α,β-unsaturated/α-hetero) is 1. The van der Waals surface area contributed by atoms with Crippen molar-refractivity contribution in [2.45, 2.75) is 71.3 Å². The number of anilines is 3. The molecule has 47 heavy (non-hydrogen) atoms.